The highest BCUT2D eigenvalue weighted by Crippen LogP contribution is 2.30. The second-order valence-corrected chi connectivity index (χ2v) is 4.57. The van der Waals surface area contributed by atoms with Crippen molar-refractivity contribution in [2.75, 3.05) is 13.2 Å². The molecule has 0 spiro atoms. The minimum Gasteiger partial charge on any atom is -0.399 e. The fourth-order valence-electron chi connectivity index (χ4n) is 1.46. The first-order valence-electron chi connectivity index (χ1n) is 5.40. The number of hydrogen-bond acceptors (Lipinski definition) is 2. The molecule has 13 heavy (non-hydrogen) atoms. The lowest BCUT2D eigenvalue weighted by atomic mass is 9.81. The van der Waals surface area contributed by atoms with Crippen LogP contribution in [-0.4, -0.2) is 23.2 Å². The van der Waals surface area contributed by atoms with E-state index < -0.39 is 10.0 Å². The summed E-state index contributed by atoms with van der Waals surface area (Å²) in [5.41, 5.74) is 0.407. The molecular weight excluding hydrogens is 180 g/mol. The summed E-state index contributed by atoms with van der Waals surface area (Å²) in [4.78, 5) is 0. The van der Waals surface area contributed by atoms with Gasteiger partial charge in [-0.05, 0) is 31.6 Å². The predicted octanol–water partition coefficient (Wildman–Crippen LogP) is 2.25. The van der Waals surface area contributed by atoms with Crippen molar-refractivity contribution in [3.63, 3.8) is 0 Å². The highest BCUT2D eigenvalue weighted by molar-refractivity contribution is 6.17. The van der Waals surface area contributed by atoms with Gasteiger partial charge in [-0.1, -0.05) is 20.8 Å². The molecule has 0 atom stereocenters. The molecule has 0 radical (unpaired) electrons. The molecule has 0 amide bonds. The van der Waals surface area contributed by atoms with E-state index in [0.717, 1.165) is 13.2 Å². The van der Waals surface area contributed by atoms with E-state index in [1.54, 1.807) is 0 Å². The van der Waals surface area contributed by atoms with Crippen molar-refractivity contribution in [1.82, 2.24) is 0 Å². The van der Waals surface area contributed by atoms with Crippen LogP contribution in [-0.2, 0) is 8.85 Å². The first-order valence-corrected chi connectivity index (χ1v) is 6.55. The van der Waals surface area contributed by atoms with Crippen LogP contribution >= 0.6 is 0 Å². The third-order valence-corrected chi connectivity index (χ3v) is 3.97. The largest absolute Gasteiger partial charge is 0.399 e. The van der Waals surface area contributed by atoms with Gasteiger partial charge in [0.25, 0.3) is 0 Å². The zero-order valence-electron chi connectivity index (χ0n) is 9.56. The number of rotatable bonds is 8. The van der Waals surface area contributed by atoms with Crippen LogP contribution in [0.3, 0.4) is 0 Å². The first-order chi connectivity index (χ1) is 6.24. The molecular formula is C10H24O2Si. The normalized spacial score (nSPS) is 12.9. The van der Waals surface area contributed by atoms with Crippen LogP contribution in [0.15, 0.2) is 0 Å². The second-order valence-electron chi connectivity index (χ2n) is 3.52. The van der Waals surface area contributed by atoms with Crippen molar-refractivity contribution in [2.45, 2.75) is 47.0 Å². The summed E-state index contributed by atoms with van der Waals surface area (Å²) in [5, 5.41) is 0. The van der Waals surface area contributed by atoms with Crippen LogP contribution in [0.2, 0.25) is 0 Å². The zero-order valence-corrected chi connectivity index (χ0v) is 11.0. The molecule has 0 aromatic carbocycles. The van der Waals surface area contributed by atoms with Gasteiger partial charge in [0.2, 0.25) is 0 Å². The average Bonchev–Trinajstić information content (AvgIpc) is 2.20. The van der Waals surface area contributed by atoms with Crippen molar-refractivity contribution >= 4 is 10.0 Å². The molecule has 0 saturated carbocycles. The molecule has 2 nitrogen and oxygen atoms in total. The lowest BCUT2D eigenvalue weighted by Gasteiger charge is -2.30. The van der Waals surface area contributed by atoms with Crippen molar-refractivity contribution in [3.8, 4) is 0 Å². The van der Waals surface area contributed by atoms with Crippen LogP contribution in [0.25, 0.3) is 0 Å². The van der Waals surface area contributed by atoms with E-state index in [-0.39, 0.29) is 0 Å². The summed E-state index contributed by atoms with van der Waals surface area (Å²) >= 11 is 0. The molecule has 80 valence electrons. The Labute approximate surface area is 85.1 Å². The summed E-state index contributed by atoms with van der Waals surface area (Å²) in [7, 11) is -0.696. The van der Waals surface area contributed by atoms with E-state index in [1.165, 1.54) is 19.3 Å². The van der Waals surface area contributed by atoms with Gasteiger partial charge in [-0.3, -0.25) is 0 Å². The van der Waals surface area contributed by atoms with E-state index >= 15 is 0 Å². The fourth-order valence-corrected chi connectivity index (χ4v) is 2.26. The van der Waals surface area contributed by atoms with Crippen LogP contribution in [0.4, 0.5) is 0 Å². The molecule has 0 aliphatic carbocycles. The summed E-state index contributed by atoms with van der Waals surface area (Å²) in [6, 6.07) is 0. The van der Waals surface area contributed by atoms with E-state index in [1.807, 2.05) is 6.92 Å². The van der Waals surface area contributed by atoms with Gasteiger partial charge in [0, 0.05) is 13.2 Å². The SMILES string of the molecule is CCO[SiH2]OCC(CC)(CC)CC. The lowest BCUT2D eigenvalue weighted by molar-refractivity contribution is 0.109. The molecule has 0 aliphatic heterocycles. The van der Waals surface area contributed by atoms with Crippen molar-refractivity contribution in [1.29, 1.82) is 0 Å². The monoisotopic (exact) mass is 204 g/mol. The fraction of sp³-hybridized carbons (Fsp3) is 1.00. The minimum absolute atomic E-state index is 0.407. The summed E-state index contributed by atoms with van der Waals surface area (Å²) in [5.74, 6) is 0. The maximum Gasteiger partial charge on any atom is 0.304 e. The van der Waals surface area contributed by atoms with Crippen molar-refractivity contribution in [2.24, 2.45) is 5.41 Å². The zero-order chi connectivity index (χ0) is 10.2. The molecule has 3 heteroatoms. The van der Waals surface area contributed by atoms with Crippen molar-refractivity contribution < 1.29 is 8.85 Å². The Morgan fingerprint density at radius 1 is 0.923 bits per heavy atom. The summed E-state index contributed by atoms with van der Waals surface area (Å²) < 4.78 is 10.9. The van der Waals surface area contributed by atoms with Gasteiger partial charge in [-0.25, -0.2) is 0 Å². The standard InChI is InChI=1S/C10H24O2Si/c1-5-10(6-2,7-3)9-12-13-11-8-4/h5-9,13H2,1-4H3. The molecule has 0 unspecified atom stereocenters. The van der Waals surface area contributed by atoms with Gasteiger partial charge < -0.3 is 8.85 Å². The third-order valence-electron chi connectivity index (χ3n) is 3.03. The van der Waals surface area contributed by atoms with Crippen LogP contribution in [0.5, 0.6) is 0 Å². The summed E-state index contributed by atoms with van der Waals surface area (Å²) in [6.45, 7) is 10.4. The van der Waals surface area contributed by atoms with Gasteiger partial charge in [0.1, 0.15) is 0 Å². The Morgan fingerprint density at radius 2 is 1.46 bits per heavy atom. The van der Waals surface area contributed by atoms with E-state index in [0.29, 0.717) is 5.41 Å². The number of hydrogen-bond donors (Lipinski definition) is 0. The molecule has 0 fully saturated rings. The molecule has 0 aliphatic rings. The van der Waals surface area contributed by atoms with Crippen LogP contribution < -0.4 is 0 Å². The van der Waals surface area contributed by atoms with Gasteiger partial charge in [0.15, 0.2) is 0 Å². The maximum atomic E-state index is 5.63. The maximum absolute atomic E-state index is 5.63. The van der Waals surface area contributed by atoms with Crippen molar-refractivity contribution in [3.05, 3.63) is 0 Å². The Morgan fingerprint density at radius 3 is 1.85 bits per heavy atom. The Hall–Kier alpha value is 0.137. The van der Waals surface area contributed by atoms with Gasteiger partial charge >= 0.3 is 10.0 Å². The Bertz CT molecular complexity index is 105. The van der Waals surface area contributed by atoms with Crippen LogP contribution in [0.1, 0.15) is 47.0 Å². The van der Waals surface area contributed by atoms with Crippen LogP contribution in [0, 0.1) is 5.41 Å². The Kier molecular flexibility index (Phi) is 7.61. The molecule has 0 saturated heterocycles. The highest BCUT2D eigenvalue weighted by atomic mass is 28.3. The minimum atomic E-state index is -0.696. The van der Waals surface area contributed by atoms with E-state index in [2.05, 4.69) is 20.8 Å². The Balaban J connectivity index is 3.68. The van der Waals surface area contributed by atoms with Gasteiger partial charge in [-0.15, -0.1) is 0 Å². The lowest BCUT2D eigenvalue weighted by Crippen LogP contribution is -2.26. The molecule has 0 aromatic heterocycles. The first kappa shape index (κ1) is 13.1. The molecule has 0 heterocycles. The topological polar surface area (TPSA) is 18.5 Å². The molecule has 0 rings (SSSR count). The molecule has 0 bridgehead atoms. The van der Waals surface area contributed by atoms with E-state index in [4.69, 9.17) is 8.85 Å². The van der Waals surface area contributed by atoms with Gasteiger partial charge in [0.05, 0.1) is 0 Å². The van der Waals surface area contributed by atoms with E-state index in [9.17, 15) is 0 Å². The third kappa shape index (κ3) is 4.79. The smallest absolute Gasteiger partial charge is 0.304 e. The summed E-state index contributed by atoms with van der Waals surface area (Å²) in [6.07, 6.45) is 3.63. The molecule has 0 aromatic rings. The second kappa shape index (κ2) is 7.53. The average molecular weight is 204 g/mol. The predicted molar refractivity (Wildman–Crippen MR) is 59.4 cm³/mol. The van der Waals surface area contributed by atoms with Gasteiger partial charge in [-0.2, -0.15) is 0 Å². The highest BCUT2D eigenvalue weighted by Gasteiger charge is 2.23. The molecule has 0 N–H and O–H groups in total. The quantitative estimate of drug-likeness (QED) is 0.446.